The van der Waals surface area contributed by atoms with Gasteiger partial charge in [-0.1, -0.05) is 17.7 Å². The number of pyridine rings is 1. The van der Waals surface area contributed by atoms with Gasteiger partial charge >= 0.3 is 0 Å². The average molecular weight is 265 g/mol. The largest absolute Gasteiger partial charge is 0.366 e. The minimum Gasteiger partial charge on any atom is -0.366 e. The van der Waals surface area contributed by atoms with E-state index in [1.165, 1.54) is 12.1 Å². The van der Waals surface area contributed by atoms with Gasteiger partial charge in [0.1, 0.15) is 11.0 Å². The van der Waals surface area contributed by atoms with E-state index in [4.69, 9.17) is 11.6 Å². The summed E-state index contributed by atoms with van der Waals surface area (Å²) >= 11 is 5.86. The molecule has 0 radical (unpaired) electrons. The summed E-state index contributed by atoms with van der Waals surface area (Å²) in [6.45, 7) is 3.52. The number of benzene rings is 1. The number of aromatic nitrogens is 1. The average Bonchev–Trinajstić information content (AvgIpc) is 2.37. The SMILES string of the molecule is CCN(Cc1cccc(Cl)n1)c1ccc(F)cc1. The highest BCUT2D eigenvalue weighted by Gasteiger charge is 2.06. The van der Waals surface area contributed by atoms with E-state index in [9.17, 15) is 4.39 Å². The zero-order chi connectivity index (χ0) is 13.0. The first-order valence-corrected chi connectivity index (χ1v) is 6.19. The van der Waals surface area contributed by atoms with E-state index in [-0.39, 0.29) is 5.82 Å². The van der Waals surface area contributed by atoms with Crippen LogP contribution in [0.1, 0.15) is 12.6 Å². The van der Waals surface area contributed by atoms with Crippen molar-refractivity contribution in [2.75, 3.05) is 11.4 Å². The minimum atomic E-state index is -0.226. The van der Waals surface area contributed by atoms with Crippen LogP contribution < -0.4 is 4.90 Å². The van der Waals surface area contributed by atoms with Crippen LogP contribution in [-0.4, -0.2) is 11.5 Å². The maximum absolute atomic E-state index is 12.9. The Hall–Kier alpha value is -1.61. The van der Waals surface area contributed by atoms with Crippen LogP contribution in [0.2, 0.25) is 5.15 Å². The van der Waals surface area contributed by atoms with Gasteiger partial charge in [0.15, 0.2) is 0 Å². The second-order valence-corrected chi connectivity index (χ2v) is 4.33. The fraction of sp³-hybridized carbons (Fsp3) is 0.214. The first-order valence-electron chi connectivity index (χ1n) is 5.81. The van der Waals surface area contributed by atoms with Crippen molar-refractivity contribution in [2.45, 2.75) is 13.5 Å². The monoisotopic (exact) mass is 264 g/mol. The molecule has 0 fully saturated rings. The Morgan fingerprint density at radius 3 is 2.50 bits per heavy atom. The number of nitrogens with zero attached hydrogens (tertiary/aromatic N) is 2. The van der Waals surface area contributed by atoms with Crippen molar-refractivity contribution in [3.63, 3.8) is 0 Å². The summed E-state index contributed by atoms with van der Waals surface area (Å²) in [7, 11) is 0. The molecule has 0 N–H and O–H groups in total. The van der Waals surface area contributed by atoms with Crippen LogP contribution in [0.25, 0.3) is 0 Å². The van der Waals surface area contributed by atoms with Crippen molar-refractivity contribution >= 4 is 17.3 Å². The highest BCUT2D eigenvalue weighted by atomic mass is 35.5. The molecule has 0 unspecified atom stereocenters. The molecule has 0 aliphatic carbocycles. The second-order valence-electron chi connectivity index (χ2n) is 3.94. The van der Waals surface area contributed by atoms with Gasteiger partial charge in [-0.15, -0.1) is 0 Å². The van der Waals surface area contributed by atoms with E-state index in [0.29, 0.717) is 11.7 Å². The molecule has 2 aromatic rings. The third kappa shape index (κ3) is 3.20. The van der Waals surface area contributed by atoms with Gasteiger partial charge in [0.05, 0.1) is 12.2 Å². The second kappa shape index (κ2) is 5.83. The molecule has 94 valence electrons. The van der Waals surface area contributed by atoms with E-state index in [0.717, 1.165) is 17.9 Å². The molecule has 0 atom stereocenters. The maximum atomic E-state index is 12.9. The van der Waals surface area contributed by atoms with Crippen LogP contribution in [-0.2, 0) is 6.54 Å². The Morgan fingerprint density at radius 2 is 1.89 bits per heavy atom. The molecule has 2 rings (SSSR count). The van der Waals surface area contributed by atoms with Crippen molar-refractivity contribution in [3.8, 4) is 0 Å². The van der Waals surface area contributed by atoms with Crippen molar-refractivity contribution in [2.24, 2.45) is 0 Å². The summed E-state index contributed by atoms with van der Waals surface area (Å²) in [4.78, 5) is 6.36. The van der Waals surface area contributed by atoms with Gasteiger partial charge in [0, 0.05) is 12.2 Å². The topological polar surface area (TPSA) is 16.1 Å². The highest BCUT2D eigenvalue weighted by molar-refractivity contribution is 6.29. The van der Waals surface area contributed by atoms with E-state index >= 15 is 0 Å². The van der Waals surface area contributed by atoms with E-state index < -0.39 is 0 Å². The lowest BCUT2D eigenvalue weighted by molar-refractivity contribution is 0.627. The summed E-state index contributed by atoms with van der Waals surface area (Å²) in [5.41, 5.74) is 1.87. The van der Waals surface area contributed by atoms with Gasteiger partial charge in [-0.3, -0.25) is 0 Å². The molecule has 1 aromatic carbocycles. The smallest absolute Gasteiger partial charge is 0.129 e. The van der Waals surface area contributed by atoms with Gasteiger partial charge in [0.25, 0.3) is 0 Å². The van der Waals surface area contributed by atoms with Crippen LogP contribution in [0.3, 0.4) is 0 Å². The molecule has 0 aliphatic heterocycles. The van der Waals surface area contributed by atoms with Crippen molar-refractivity contribution in [1.82, 2.24) is 4.98 Å². The standard InChI is InChI=1S/C14H14ClFN2/c1-2-18(13-8-6-11(16)7-9-13)10-12-4-3-5-14(15)17-12/h3-9H,2,10H2,1H3. The fourth-order valence-corrected chi connectivity index (χ4v) is 1.95. The first kappa shape index (κ1) is 12.8. The van der Waals surface area contributed by atoms with Crippen LogP contribution in [0.4, 0.5) is 10.1 Å². The first-order chi connectivity index (χ1) is 8.69. The van der Waals surface area contributed by atoms with Crippen LogP contribution in [0, 0.1) is 5.82 Å². The number of halogens is 2. The molecule has 0 aliphatic rings. The zero-order valence-electron chi connectivity index (χ0n) is 10.1. The summed E-state index contributed by atoms with van der Waals surface area (Å²) in [5, 5.41) is 0.489. The number of hydrogen-bond acceptors (Lipinski definition) is 2. The third-order valence-corrected chi connectivity index (χ3v) is 2.91. The van der Waals surface area contributed by atoms with Gasteiger partial charge in [-0.25, -0.2) is 9.37 Å². The molecule has 0 spiro atoms. The minimum absolute atomic E-state index is 0.226. The number of anilines is 1. The molecule has 1 heterocycles. The maximum Gasteiger partial charge on any atom is 0.129 e. The lowest BCUT2D eigenvalue weighted by atomic mass is 10.2. The van der Waals surface area contributed by atoms with Crippen molar-refractivity contribution < 1.29 is 4.39 Å². The molecular formula is C14H14ClFN2. The highest BCUT2D eigenvalue weighted by Crippen LogP contribution is 2.17. The van der Waals surface area contributed by atoms with Crippen LogP contribution in [0.5, 0.6) is 0 Å². The molecule has 4 heteroatoms. The molecule has 0 amide bonds. The predicted octanol–water partition coefficient (Wildman–Crippen LogP) is 3.90. The summed E-state index contributed by atoms with van der Waals surface area (Å²) in [6, 6.07) is 12.0. The molecular weight excluding hydrogens is 251 g/mol. The predicted molar refractivity (Wildman–Crippen MR) is 72.4 cm³/mol. The Kier molecular flexibility index (Phi) is 4.15. The van der Waals surface area contributed by atoms with E-state index in [2.05, 4.69) is 9.88 Å². The Labute approximate surface area is 111 Å². The fourth-order valence-electron chi connectivity index (χ4n) is 1.77. The molecule has 1 aromatic heterocycles. The van der Waals surface area contributed by atoms with Crippen LogP contribution >= 0.6 is 11.6 Å². The molecule has 0 saturated heterocycles. The van der Waals surface area contributed by atoms with Gasteiger partial charge in [-0.2, -0.15) is 0 Å². The molecule has 0 bridgehead atoms. The lowest BCUT2D eigenvalue weighted by Crippen LogP contribution is -2.22. The summed E-state index contributed by atoms with van der Waals surface area (Å²) in [5.74, 6) is -0.226. The Bertz CT molecular complexity index is 513. The van der Waals surface area contributed by atoms with Gasteiger partial charge in [-0.05, 0) is 43.3 Å². The van der Waals surface area contributed by atoms with Crippen LogP contribution in [0.15, 0.2) is 42.5 Å². The molecule has 2 nitrogen and oxygen atoms in total. The molecule has 18 heavy (non-hydrogen) atoms. The van der Waals surface area contributed by atoms with Gasteiger partial charge in [0.2, 0.25) is 0 Å². The summed E-state index contributed by atoms with van der Waals surface area (Å²) in [6.07, 6.45) is 0. The Balaban J connectivity index is 2.17. The number of hydrogen-bond donors (Lipinski definition) is 0. The molecule has 0 saturated carbocycles. The van der Waals surface area contributed by atoms with Gasteiger partial charge < -0.3 is 4.90 Å². The third-order valence-electron chi connectivity index (χ3n) is 2.70. The van der Waals surface area contributed by atoms with Crippen molar-refractivity contribution in [1.29, 1.82) is 0 Å². The lowest BCUT2D eigenvalue weighted by Gasteiger charge is -2.22. The van der Waals surface area contributed by atoms with E-state index in [1.807, 2.05) is 19.1 Å². The van der Waals surface area contributed by atoms with Crippen molar-refractivity contribution in [3.05, 3.63) is 59.1 Å². The normalized spacial score (nSPS) is 10.4. The van der Waals surface area contributed by atoms with E-state index in [1.54, 1.807) is 18.2 Å². The Morgan fingerprint density at radius 1 is 1.17 bits per heavy atom. The number of rotatable bonds is 4. The quantitative estimate of drug-likeness (QED) is 0.779. The zero-order valence-corrected chi connectivity index (χ0v) is 10.9. The summed E-state index contributed by atoms with van der Waals surface area (Å²) < 4.78 is 12.9.